The first-order chi connectivity index (χ1) is 9.29. The van der Waals surface area contributed by atoms with Gasteiger partial charge in [-0.25, -0.2) is 5.43 Å². The second kappa shape index (κ2) is 5.25. The van der Waals surface area contributed by atoms with E-state index in [0.717, 1.165) is 30.8 Å². The molecule has 2 heterocycles. The van der Waals surface area contributed by atoms with Crippen molar-refractivity contribution >= 4 is 11.6 Å². The molecule has 100 valence electrons. The Morgan fingerprint density at radius 2 is 2.16 bits per heavy atom. The zero-order valence-corrected chi connectivity index (χ0v) is 11.1. The van der Waals surface area contributed by atoms with Gasteiger partial charge in [-0.1, -0.05) is 18.2 Å². The van der Waals surface area contributed by atoms with Gasteiger partial charge in [-0.2, -0.15) is 0 Å². The molecule has 1 atom stereocenters. The zero-order chi connectivity index (χ0) is 13.2. The molecule has 0 amide bonds. The fraction of sp³-hybridized carbons (Fsp3) is 0.286. The summed E-state index contributed by atoms with van der Waals surface area (Å²) in [4.78, 5) is 0. The van der Waals surface area contributed by atoms with Crippen molar-refractivity contribution in [2.24, 2.45) is 5.84 Å². The fourth-order valence-electron chi connectivity index (χ4n) is 2.45. The lowest BCUT2D eigenvalue weighted by molar-refractivity contribution is 0.281. The van der Waals surface area contributed by atoms with Gasteiger partial charge in [0.25, 0.3) is 0 Å². The van der Waals surface area contributed by atoms with Gasteiger partial charge in [0.1, 0.15) is 17.6 Å². The van der Waals surface area contributed by atoms with E-state index in [1.807, 2.05) is 18.2 Å². The Morgan fingerprint density at radius 1 is 1.26 bits per heavy atom. The number of ether oxygens (including phenoxy) is 1. The molecule has 0 aliphatic carbocycles. The Kier molecular flexibility index (Phi) is 3.46. The molecule has 3 N–H and O–H groups in total. The molecule has 0 saturated heterocycles. The maximum absolute atomic E-state index is 5.83. The summed E-state index contributed by atoms with van der Waals surface area (Å²) in [6, 6.07) is 9.34. The van der Waals surface area contributed by atoms with Crippen molar-refractivity contribution in [3.63, 3.8) is 0 Å². The molecule has 1 aliphatic rings. The second-order valence-corrected chi connectivity index (χ2v) is 4.90. The van der Waals surface area contributed by atoms with E-state index in [9.17, 15) is 0 Å². The topological polar surface area (TPSA) is 60.4 Å². The standard InChI is InChI=1S/C14H15ClN2O2/c15-12-7-6-11(19-12)13(17-16)10-5-1-3-9-4-2-8-18-14(9)10/h1,3,5-7,13,17H,2,4,8,16H2. The van der Waals surface area contributed by atoms with Gasteiger partial charge in [-0.15, -0.1) is 0 Å². The van der Waals surface area contributed by atoms with Crippen LogP contribution >= 0.6 is 11.6 Å². The van der Waals surface area contributed by atoms with Crippen LogP contribution in [0.4, 0.5) is 0 Å². The minimum Gasteiger partial charge on any atom is -0.493 e. The van der Waals surface area contributed by atoms with Crippen LogP contribution in [0.2, 0.25) is 5.22 Å². The first-order valence-corrected chi connectivity index (χ1v) is 6.63. The Balaban J connectivity index is 2.04. The molecule has 0 radical (unpaired) electrons. The number of halogens is 1. The highest BCUT2D eigenvalue weighted by molar-refractivity contribution is 6.28. The third kappa shape index (κ3) is 2.34. The van der Waals surface area contributed by atoms with Crippen molar-refractivity contribution in [2.75, 3.05) is 6.61 Å². The van der Waals surface area contributed by atoms with Gasteiger partial charge < -0.3 is 9.15 Å². The van der Waals surface area contributed by atoms with Crippen molar-refractivity contribution in [1.82, 2.24) is 5.43 Å². The van der Waals surface area contributed by atoms with Crippen molar-refractivity contribution in [2.45, 2.75) is 18.9 Å². The molecular formula is C14H15ClN2O2. The number of para-hydroxylation sites is 1. The lowest BCUT2D eigenvalue weighted by Crippen LogP contribution is -2.29. The summed E-state index contributed by atoms with van der Waals surface area (Å²) < 4.78 is 11.2. The van der Waals surface area contributed by atoms with E-state index in [0.29, 0.717) is 11.0 Å². The van der Waals surface area contributed by atoms with Gasteiger partial charge in [0.05, 0.1) is 6.61 Å². The number of nitrogens with one attached hydrogen (secondary N) is 1. The van der Waals surface area contributed by atoms with E-state index in [1.54, 1.807) is 6.07 Å². The molecule has 0 bridgehead atoms. The predicted octanol–water partition coefficient (Wildman–Crippen LogP) is 2.81. The van der Waals surface area contributed by atoms with Crippen LogP contribution in [-0.4, -0.2) is 6.61 Å². The first kappa shape index (κ1) is 12.5. The Bertz CT molecular complexity index is 583. The van der Waals surface area contributed by atoms with Gasteiger partial charge in [0.15, 0.2) is 5.22 Å². The number of hydrogen-bond acceptors (Lipinski definition) is 4. The zero-order valence-electron chi connectivity index (χ0n) is 10.4. The van der Waals surface area contributed by atoms with Crippen molar-refractivity contribution in [3.8, 4) is 5.75 Å². The fourth-order valence-corrected chi connectivity index (χ4v) is 2.60. The number of hydrazine groups is 1. The monoisotopic (exact) mass is 278 g/mol. The summed E-state index contributed by atoms with van der Waals surface area (Å²) >= 11 is 5.83. The van der Waals surface area contributed by atoms with Crippen molar-refractivity contribution in [1.29, 1.82) is 0 Å². The number of rotatable bonds is 3. The second-order valence-electron chi connectivity index (χ2n) is 4.53. The van der Waals surface area contributed by atoms with Gasteiger partial charge in [-0.3, -0.25) is 5.84 Å². The molecule has 0 spiro atoms. The van der Waals surface area contributed by atoms with E-state index >= 15 is 0 Å². The Morgan fingerprint density at radius 3 is 2.89 bits per heavy atom. The first-order valence-electron chi connectivity index (χ1n) is 6.25. The normalized spacial score (nSPS) is 15.7. The van der Waals surface area contributed by atoms with E-state index in [-0.39, 0.29) is 6.04 Å². The van der Waals surface area contributed by atoms with Crippen LogP contribution < -0.4 is 16.0 Å². The number of furan rings is 1. The molecule has 1 aliphatic heterocycles. The van der Waals surface area contributed by atoms with Crippen LogP contribution in [0, 0.1) is 0 Å². The average molecular weight is 279 g/mol. The van der Waals surface area contributed by atoms with Gasteiger partial charge >= 0.3 is 0 Å². The lowest BCUT2D eigenvalue weighted by atomic mass is 9.97. The lowest BCUT2D eigenvalue weighted by Gasteiger charge is -2.23. The third-order valence-electron chi connectivity index (χ3n) is 3.32. The summed E-state index contributed by atoms with van der Waals surface area (Å²) in [5, 5.41) is 0.348. The third-order valence-corrected chi connectivity index (χ3v) is 3.52. The molecule has 5 heteroatoms. The number of aryl methyl sites for hydroxylation is 1. The maximum Gasteiger partial charge on any atom is 0.193 e. The summed E-state index contributed by atoms with van der Waals surface area (Å²) in [5.74, 6) is 7.25. The molecule has 1 aromatic carbocycles. The summed E-state index contributed by atoms with van der Waals surface area (Å²) in [6.45, 7) is 0.736. The highest BCUT2D eigenvalue weighted by Gasteiger charge is 2.23. The molecule has 4 nitrogen and oxygen atoms in total. The quantitative estimate of drug-likeness (QED) is 0.669. The predicted molar refractivity (Wildman–Crippen MR) is 73.1 cm³/mol. The van der Waals surface area contributed by atoms with Crippen LogP contribution in [0.5, 0.6) is 5.75 Å². The molecule has 0 saturated carbocycles. The van der Waals surface area contributed by atoms with Gasteiger partial charge in [0.2, 0.25) is 0 Å². The van der Waals surface area contributed by atoms with E-state index in [2.05, 4.69) is 11.5 Å². The largest absolute Gasteiger partial charge is 0.493 e. The highest BCUT2D eigenvalue weighted by atomic mass is 35.5. The summed E-state index contributed by atoms with van der Waals surface area (Å²) in [7, 11) is 0. The van der Waals surface area contributed by atoms with Crippen LogP contribution in [0.15, 0.2) is 34.7 Å². The molecule has 1 unspecified atom stereocenters. The number of nitrogens with two attached hydrogens (primary N) is 1. The SMILES string of the molecule is NNC(c1ccc(Cl)o1)c1cccc2c1OCCC2. The molecule has 3 rings (SSSR count). The van der Waals surface area contributed by atoms with E-state index in [1.165, 1.54) is 5.56 Å². The smallest absolute Gasteiger partial charge is 0.193 e. The van der Waals surface area contributed by atoms with E-state index < -0.39 is 0 Å². The molecule has 19 heavy (non-hydrogen) atoms. The number of fused-ring (bicyclic) bond motifs is 1. The van der Waals surface area contributed by atoms with Gasteiger partial charge in [0, 0.05) is 5.56 Å². The van der Waals surface area contributed by atoms with Crippen molar-refractivity contribution < 1.29 is 9.15 Å². The summed E-state index contributed by atoms with van der Waals surface area (Å²) in [5.41, 5.74) is 4.95. The van der Waals surface area contributed by atoms with Crippen LogP contribution in [0.3, 0.4) is 0 Å². The minimum atomic E-state index is -0.263. The molecule has 1 aromatic heterocycles. The summed E-state index contributed by atoms with van der Waals surface area (Å²) in [6.07, 6.45) is 2.07. The van der Waals surface area contributed by atoms with E-state index in [4.69, 9.17) is 26.6 Å². The van der Waals surface area contributed by atoms with Crippen LogP contribution in [0.1, 0.15) is 29.3 Å². The average Bonchev–Trinajstić information content (AvgIpc) is 2.86. The number of benzene rings is 1. The highest BCUT2D eigenvalue weighted by Crippen LogP contribution is 2.36. The maximum atomic E-state index is 5.83. The Hall–Kier alpha value is -1.49. The van der Waals surface area contributed by atoms with Crippen LogP contribution in [-0.2, 0) is 6.42 Å². The minimum absolute atomic E-state index is 0.263. The van der Waals surface area contributed by atoms with Crippen LogP contribution in [0.25, 0.3) is 0 Å². The molecule has 0 fully saturated rings. The van der Waals surface area contributed by atoms with Crippen molar-refractivity contribution in [3.05, 3.63) is 52.4 Å². The number of hydrogen-bond donors (Lipinski definition) is 2. The Labute approximate surface area is 116 Å². The molecular weight excluding hydrogens is 264 g/mol. The molecule has 2 aromatic rings. The van der Waals surface area contributed by atoms with Gasteiger partial charge in [-0.05, 0) is 42.1 Å².